The van der Waals surface area contributed by atoms with Crippen LogP contribution in [-0.4, -0.2) is 41.1 Å². The van der Waals surface area contributed by atoms with Gasteiger partial charge in [0, 0.05) is 6.54 Å². The monoisotopic (exact) mass is 277 g/mol. The summed E-state index contributed by atoms with van der Waals surface area (Å²) in [5.41, 5.74) is -0.539. The van der Waals surface area contributed by atoms with E-state index in [2.05, 4.69) is 0 Å². The van der Waals surface area contributed by atoms with Gasteiger partial charge in [-0.2, -0.15) is 4.31 Å². The number of sulfonamides is 1. The quantitative estimate of drug-likeness (QED) is 0.833. The molecule has 0 aromatic heterocycles. The van der Waals surface area contributed by atoms with Crippen molar-refractivity contribution in [3.63, 3.8) is 0 Å². The number of carbonyl (C=O) groups is 1. The van der Waals surface area contributed by atoms with E-state index >= 15 is 0 Å². The second-order valence-electron chi connectivity index (χ2n) is 6.56. The lowest BCUT2D eigenvalue weighted by atomic mass is 9.77. The number of hydrogen-bond acceptors (Lipinski definition) is 3. The second kappa shape index (κ2) is 4.49. The fourth-order valence-electron chi connectivity index (χ4n) is 2.41. The van der Waals surface area contributed by atoms with Gasteiger partial charge in [0.1, 0.15) is 6.04 Å². The van der Waals surface area contributed by atoms with Crippen LogP contribution in [0, 0.1) is 5.41 Å². The molecule has 5 nitrogen and oxygen atoms in total. The Hall–Kier alpha value is -0.620. The largest absolute Gasteiger partial charge is 0.480 e. The molecule has 6 heteroatoms. The summed E-state index contributed by atoms with van der Waals surface area (Å²) >= 11 is 0. The molecule has 0 aromatic rings. The average Bonchev–Trinajstić information content (AvgIpc) is 2.12. The number of piperidine rings is 1. The van der Waals surface area contributed by atoms with Crippen LogP contribution in [-0.2, 0) is 14.8 Å². The standard InChI is InChI=1S/C12H23NO4S/c1-11(2,3)18(16,17)13-8-6-7-12(4,5)9(13)10(14)15/h9H,6-8H2,1-5H3,(H,14,15). The minimum atomic E-state index is -3.61. The van der Waals surface area contributed by atoms with Gasteiger partial charge in [-0.25, -0.2) is 8.42 Å². The zero-order chi connectivity index (χ0) is 14.4. The Kier molecular flexibility index (Phi) is 3.85. The molecule has 1 aliphatic rings. The molecule has 1 N–H and O–H groups in total. The van der Waals surface area contributed by atoms with Crippen LogP contribution in [0.2, 0.25) is 0 Å². The predicted molar refractivity (Wildman–Crippen MR) is 69.8 cm³/mol. The maximum absolute atomic E-state index is 12.5. The third-order valence-electron chi connectivity index (χ3n) is 3.54. The molecule has 0 aliphatic carbocycles. The molecular weight excluding hydrogens is 254 g/mol. The van der Waals surface area contributed by atoms with Crippen molar-refractivity contribution in [3.8, 4) is 0 Å². The van der Waals surface area contributed by atoms with Crippen molar-refractivity contribution in [2.45, 2.75) is 58.2 Å². The highest BCUT2D eigenvalue weighted by molar-refractivity contribution is 7.90. The number of nitrogens with zero attached hydrogens (tertiary/aromatic N) is 1. The van der Waals surface area contributed by atoms with Crippen molar-refractivity contribution in [2.75, 3.05) is 6.54 Å². The lowest BCUT2D eigenvalue weighted by Crippen LogP contribution is -2.59. The van der Waals surface area contributed by atoms with Gasteiger partial charge in [0.25, 0.3) is 0 Å². The predicted octanol–water partition coefficient (Wildman–Crippen LogP) is 1.69. The Labute approximate surface area is 109 Å². The molecular formula is C12H23NO4S. The van der Waals surface area contributed by atoms with Crippen molar-refractivity contribution in [1.29, 1.82) is 0 Å². The zero-order valence-corrected chi connectivity index (χ0v) is 12.5. The first-order valence-electron chi connectivity index (χ1n) is 6.15. The summed E-state index contributed by atoms with van der Waals surface area (Å²) in [6, 6.07) is -0.976. The van der Waals surface area contributed by atoms with Crippen molar-refractivity contribution in [2.24, 2.45) is 5.41 Å². The Morgan fingerprint density at radius 2 is 1.83 bits per heavy atom. The topological polar surface area (TPSA) is 74.7 Å². The maximum atomic E-state index is 12.5. The van der Waals surface area contributed by atoms with E-state index < -0.39 is 32.2 Å². The van der Waals surface area contributed by atoms with E-state index in [1.54, 1.807) is 20.8 Å². The van der Waals surface area contributed by atoms with Gasteiger partial charge >= 0.3 is 5.97 Å². The van der Waals surface area contributed by atoms with Crippen LogP contribution in [0.5, 0.6) is 0 Å². The van der Waals surface area contributed by atoms with Crippen molar-refractivity contribution in [1.82, 2.24) is 4.31 Å². The Morgan fingerprint density at radius 3 is 2.22 bits per heavy atom. The molecule has 1 atom stereocenters. The normalized spacial score (nSPS) is 25.9. The van der Waals surface area contributed by atoms with Crippen molar-refractivity contribution < 1.29 is 18.3 Å². The molecule has 0 saturated carbocycles. The number of aliphatic carboxylic acids is 1. The third kappa shape index (κ3) is 2.54. The molecule has 0 aromatic carbocycles. The summed E-state index contributed by atoms with van der Waals surface area (Å²) in [4.78, 5) is 11.4. The molecule has 0 spiro atoms. The zero-order valence-electron chi connectivity index (χ0n) is 11.7. The number of rotatable bonds is 2. The first-order chi connectivity index (χ1) is 7.91. The lowest BCUT2D eigenvalue weighted by molar-refractivity contribution is -0.147. The van der Waals surface area contributed by atoms with Crippen LogP contribution in [0.3, 0.4) is 0 Å². The van der Waals surface area contributed by atoms with E-state index in [0.29, 0.717) is 13.0 Å². The minimum absolute atomic E-state index is 0.292. The molecule has 0 radical (unpaired) electrons. The second-order valence-corrected chi connectivity index (χ2v) is 9.20. The van der Waals surface area contributed by atoms with E-state index in [0.717, 1.165) is 6.42 Å². The summed E-state index contributed by atoms with van der Waals surface area (Å²) in [6.07, 6.45) is 1.42. The summed E-state index contributed by atoms with van der Waals surface area (Å²) < 4.78 is 25.1. The highest BCUT2D eigenvalue weighted by Gasteiger charge is 2.50. The van der Waals surface area contributed by atoms with Gasteiger partial charge in [-0.1, -0.05) is 13.8 Å². The highest BCUT2D eigenvalue weighted by atomic mass is 32.2. The van der Waals surface area contributed by atoms with Gasteiger partial charge in [0.15, 0.2) is 0 Å². The SMILES string of the molecule is CC1(C)CCCN(S(=O)(=O)C(C)(C)C)C1C(=O)O. The van der Waals surface area contributed by atoms with Crippen LogP contribution in [0.25, 0.3) is 0 Å². The molecule has 0 amide bonds. The van der Waals surface area contributed by atoms with E-state index in [9.17, 15) is 18.3 Å². The smallest absolute Gasteiger partial charge is 0.322 e. The van der Waals surface area contributed by atoms with Gasteiger partial charge in [0.2, 0.25) is 10.0 Å². The van der Waals surface area contributed by atoms with Gasteiger partial charge in [0.05, 0.1) is 4.75 Å². The van der Waals surface area contributed by atoms with E-state index in [4.69, 9.17) is 0 Å². The molecule has 0 bridgehead atoms. The van der Waals surface area contributed by atoms with Gasteiger partial charge < -0.3 is 5.11 Å². The van der Waals surface area contributed by atoms with Gasteiger partial charge in [-0.15, -0.1) is 0 Å². The molecule has 1 unspecified atom stereocenters. The minimum Gasteiger partial charge on any atom is -0.480 e. The molecule has 1 heterocycles. The summed E-state index contributed by atoms with van der Waals surface area (Å²) in [5.74, 6) is -1.06. The van der Waals surface area contributed by atoms with Crippen LogP contribution in [0.4, 0.5) is 0 Å². The number of carboxylic acid groups (broad SMARTS) is 1. The van der Waals surface area contributed by atoms with Crippen LogP contribution in [0.15, 0.2) is 0 Å². The molecule has 1 saturated heterocycles. The Morgan fingerprint density at radius 1 is 1.33 bits per heavy atom. The third-order valence-corrected chi connectivity index (χ3v) is 6.10. The summed E-state index contributed by atoms with van der Waals surface area (Å²) in [5, 5.41) is 9.37. The molecule has 1 aliphatic heterocycles. The van der Waals surface area contributed by atoms with Crippen LogP contribution in [0.1, 0.15) is 47.5 Å². The molecule has 18 heavy (non-hydrogen) atoms. The average molecular weight is 277 g/mol. The fourth-order valence-corrected chi connectivity index (χ4v) is 4.14. The maximum Gasteiger partial charge on any atom is 0.322 e. The Bertz CT molecular complexity index is 433. The lowest BCUT2D eigenvalue weighted by Gasteiger charge is -2.45. The van der Waals surface area contributed by atoms with E-state index in [1.165, 1.54) is 4.31 Å². The summed E-state index contributed by atoms with van der Waals surface area (Å²) in [6.45, 7) is 8.72. The van der Waals surface area contributed by atoms with Gasteiger partial charge in [-0.3, -0.25) is 4.79 Å². The Balaban J connectivity index is 3.26. The first kappa shape index (κ1) is 15.4. The van der Waals surface area contributed by atoms with Crippen LogP contribution < -0.4 is 0 Å². The van der Waals surface area contributed by atoms with E-state index in [-0.39, 0.29) is 0 Å². The van der Waals surface area contributed by atoms with Crippen molar-refractivity contribution >= 4 is 16.0 Å². The van der Waals surface area contributed by atoms with Crippen molar-refractivity contribution in [3.05, 3.63) is 0 Å². The first-order valence-corrected chi connectivity index (χ1v) is 7.59. The van der Waals surface area contributed by atoms with Gasteiger partial charge in [-0.05, 0) is 39.0 Å². The van der Waals surface area contributed by atoms with Crippen LogP contribution >= 0.6 is 0 Å². The molecule has 1 rings (SSSR count). The number of carboxylic acids is 1. The van der Waals surface area contributed by atoms with E-state index in [1.807, 2.05) is 13.8 Å². The molecule has 1 fully saturated rings. The highest BCUT2D eigenvalue weighted by Crippen LogP contribution is 2.38. The number of hydrogen-bond donors (Lipinski definition) is 1. The summed E-state index contributed by atoms with van der Waals surface area (Å²) in [7, 11) is -3.61. The molecule has 106 valence electrons. The fraction of sp³-hybridized carbons (Fsp3) is 0.917.